The van der Waals surface area contributed by atoms with Gasteiger partial charge in [0.25, 0.3) is 0 Å². The Kier molecular flexibility index (Phi) is 7.87. The highest BCUT2D eigenvalue weighted by molar-refractivity contribution is 4.69. The van der Waals surface area contributed by atoms with Gasteiger partial charge in [-0.05, 0) is 32.6 Å². The van der Waals surface area contributed by atoms with Gasteiger partial charge in [0.2, 0.25) is 0 Å². The van der Waals surface area contributed by atoms with Crippen LogP contribution >= 0.6 is 0 Å². The summed E-state index contributed by atoms with van der Waals surface area (Å²) >= 11 is 0. The van der Waals surface area contributed by atoms with Crippen LogP contribution in [0.3, 0.4) is 0 Å². The summed E-state index contributed by atoms with van der Waals surface area (Å²) in [6.45, 7) is 6.59. The van der Waals surface area contributed by atoms with Gasteiger partial charge in [0.1, 0.15) is 0 Å². The second-order valence-corrected chi connectivity index (χ2v) is 5.15. The van der Waals surface area contributed by atoms with Crippen molar-refractivity contribution in [1.82, 2.24) is 5.32 Å². The van der Waals surface area contributed by atoms with E-state index in [0.29, 0.717) is 12.1 Å². The quantitative estimate of drug-likeness (QED) is 0.641. The van der Waals surface area contributed by atoms with Crippen LogP contribution in [0, 0.1) is 0 Å². The maximum absolute atomic E-state index is 5.71. The average Bonchev–Trinajstić information content (AvgIpc) is 2.33. The molecule has 0 aromatic carbocycles. The standard InChI is InChI=1S/C14H29NO/c1-3-4-5-6-9-13(2)15-12-14-10-7-8-11-16-14/h13-15H,3-12H2,1-2H3. The molecule has 0 bridgehead atoms. The number of rotatable bonds is 8. The van der Waals surface area contributed by atoms with Gasteiger partial charge in [0, 0.05) is 19.2 Å². The van der Waals surface area contributed by atoms with Crippen molar-refractivity contribution >= 4 is 0 Å². The third-order valence-electron chi connectivity index (χ3n) is 3.46. The minimum atomic E-state index is 0.479. The normalized spacial score (nSPS) is 23.2. The molecule has 96 valence electrons. The molecule has 1 N–H and O–H groups in total. The lowest BCUT2D eigenvalue weighted by Gasteiger charge is -2.24. The van der Waals surface area contributed by atoms with Gasteiger partial charge in [-0.2, -0.15) is 0 Å². The average molecular weight is 227 g/mol. The van der Waals surface area contributed by atoms with E-state index in [1.54, 1.807) is 0 Å². The van der Waals surface area contributed by atoms with E-state index < -0.39 is 0 Å². The Hall–Kier alpha value is -0.0800. The molecular formula is C14H29NO. The van der Waals surface area contributed by atoms with Gasteiger partial charge < -0.3 is 10.1 Å². The van der Waals surface area contributed by atoms with E-state index in [1.165, 1.54) is 51.4 Å². The lowest BCUT2D eigenvalue weighted by molar-refractivity contribution is 0.0155. The van der Waals surface area contributed by atoms with Crippen molar-refractivity contribution in [3.8, 4) is 0 Å². The highest BCUT2D eigenvalue weighted by Crippen LogP contribution is 2.12. The highest BCUT2D eigenvalue weighted by atomic mass is 16.5. The van der Waals surface area contributed by atoms with Gasteiger partial charge in [0.15, 0.2) is 0 Å². The first-order chi connectivity index (χ1) is 7.83. The molecule has 0 spiro atoms. The van der Waals surface area contributed by atoms with Gasteiger partial charge in [-0.3, -0.25) is 0 Å². The van der Waals surface area contributed by atoms with E-state index in [4.69, 9.17) is 4.74 Å². The van der Waals surface area contributed by atoms with E-state index >= 15 is 0 Å². The molecular weight excluding hydrogens is 198 g/mol. The largest absolute Gasteiger partial charge is 0.377 e. The third kappa shape index (κ3) is 6.49. The fraction of sp³-hybridized carbons (Fsp3) is 1.00. The van der Waals surface area contributed by atoms with E-state index in [2.05, 4.69) is 19.2 Å². The summed E-state index contributed by atoms with van der Waals surface area (Å²) in [6.07, 6.45) is 11.1. The van der Waals surface area contributed by atoms with Gasteiger partial charge >= 0.3 is 0 Å². The Labute approximate surface area is 101 Å². The molecule has 0 amide bonds. The zero-order chi connectivity index (χ0) is 11.6. The minimum Gasteiger partial charge on any atom is -0.377 e. The monoisotopic (exact) mass is 227 g/mol. The molecule has 1 aliphatic heterocycles. The minimum absolute atomic E-state index is 0.479. The lowest BCUT2D eigenvalue weighted by Crippen LogP contribution is -2.36. The maximum Gasteiger partial charge on any atom is 0.0699 e. The van der Waals surface area contributed by atoms with E-state index in [0.717, 1.165) is 13.2 Å². The highest BCUT2D eigenvalue weighted by Gasteiger charge is 2.14. The number of hydrogen-bond acceptors (Lipinski definition) is 2. The van der Waals surface area contributed by atoms with Gasteiger partial charge in [-0.25, -0.2) is 0 Å². The van der Waals surface area contributed by atoms with E-state index in [1.807, 2.05) is 0 Å². The molecule has 1 saturated heterocycles. The molecule has 0 radical (unpaired) electrons. The molecule has 0 aromatic heterocycles. The first kappa shape index (κ1) is 14.0. The molecule has 1 aliphatic rings. The van der Waals surface area contributed by atoms with Crippen LogP contribution in [0.5, 0.6) is 0 Å². The van der Waals surface area contributed by atoms with Crippen LogP contribution in [0.15, 0.2) is 0 Å². The van der Waals surface area contributed by atoms with Gasteiger partial charge in [-0.1, -0.05) is 32.6 Å². The van der Waals surface area contributed by atoms with Crippen LogP contribution in [0.25, 0.3) is 0 Å². The predicted molar refractivity (Wildman–Crippen MR) is 69.8 cm³/mol. The van der Waals surface area contributed by atoms with Crippen molar-refractivity contribution in [3.05, 3.63) is 0 Å². The third-order valence-corrected chi connectivity index (χ3v) is 3.46. The molecule has 1 rings (SSSR count). The fourth-order valence-electron chi connectivity index (χ4n) is 2.28. The molecule has 1 heterocycles. The fourth-order valence-corrected chi connectivity index (χ4v) is 2.28. The molecule has 1 fully saturated rings. The lowest BCUT2D eigenvalue weighted by atomic mass is 10.1. The Balaban J connectivity index is 1.94. The number of hydrogen-bond donors (Lipinski definition) is 1. The summed E-state index contributed by atoms with van der Waals surface area (Å²) < 4.78 is 5.71. The summed E-state index contributed by atoms with van der Waals surface area (Å²) in [7, 11) is 0. The van der Waals surface area contributed by atoms with Crippen LogP contribution in [-0.4, -0.2) is 25.3 Å². The van der Waals surface area contributed by atoms with Crippen molar-refractivity contribution in [2.75, 3.05) is 13.2 Å². The molecule has 0 aliphatic carbocycles. The molecule has 2 nitrogen and oxygen atoms in total. The zero-order valence-electron chi connectivity index (χ0n) is 11.1. The zero-order valence-corrected chi connectivity index (χ0v) is 11.1. The second-order valence-electron chi connectivity index (χ2n) is 5.15. The molecule has 0 saturated carbocycles. The Morgan fingerprint density at radius 2 is 2.12 bits per heavy atom. The van der Waals surface area contributed by atoms with Crippen LogP contribution in [-0.2, 0) is 4.74 Å². The Morgan fingerprint density at radius 1 is 1.25 bits per heavy atom. The van der Waals surface area contributed by atoms with Gasteiger partial charge in [0.05, 0.1) is 6.10 Å². The first-order valence-corrected chi connectivity index (χ1v) is 7.18. The number of unbranched alkanes of at least 4 members (excludes halogenated alkanes) is 3. The van der Waals surface area contributed by atoms with Crippen LogP contribution in [0.1, 0.15) is 65.2 Å². The summed E-state index contributed by atoms with van der Waals surface area (Å²) in [4.78, 5) is 0. The summed E-state index contributed by atoms with van der Waals surface area (Å²) in [6, 6.07) is 0.655. The van der Waals surface area contributed by atoms with Crippen molar-refractivity contribution in [2.24, 2.45) is 0 Å². The van der Waals surface area contributed by atoms with Gasteiger partial charge in [-0.15, -0.1) is 0 Å². The van der Waals surface area contributed by atoms with Crippen molar-refractivity contribution in [3.63, 3.8) is 0 Å². The summed E-state index contributed by atoms with van der Waals surface area (Å²) in [5.74, 6) is 0. The summed E-state index contributed by atoms with van der Waals surface area (Å²) in [5, 5.41) is 3.60. The smallest absolute Gasteiger partial charge is 0.0699 e. The topological polar surface area (TPSA) is 21.3 Å². The second kappa shape index (κ2) is 9.00. The Morgan fingerprint density at radius 3 is 2.81 bits per heavy atom. The van der Waals surface area contributed by atoms with E-state index in [9.17, 15) is 0 Å². The van der Waals surface area contributed by atoms with Crippen LogP contribution in [0.4, 0.5) is 0 Å². The molecule has 2 unspecified atom stereocenters. The molecule has 0 aromatic rings. The first-order valence-electron chi connectivity index (χ1n) is 7.18. The molecule has 2 heteroatoms. The van der Waals surface area contributed by atoms with Crippen LogP contribution in [0.2, 0.25) is 0 Å². The van der Waals surface area contributed by atoms with Crippen molar-refractivity contribution in [2.45, 2.75) is 77.4 Å². The van der Waals surface area contributed by atoms with Crippen LogP contribution < -0.4 is 5.32 Å². The maximum atomic E-state index is 5.71. The van der Waals surface area contributed by atoms with E-state index in [-0.39, 0.29) is 0 Å². The molecule has 2 atom stereocenters. The SMILES string of the molecule is CCCCCCC(C)NCC1CCCCO1. The number of ether oxygens (including phenoxy) is 1. The predicted octanol–water partition coefficient (Wildman–Crippen LogP) is 3.50. The summed E-state index contributed by atoms with van der Waals surface area (Å²) in [5.41, 5.74) is 0. The van der Waals surface area contributed by atoms with Crippen molar-refractivity contribution < 1.29 is 4.74 Å². The number of nitrogens with one attached hydrogen (secondary N) is 1. The molecule has 16 heavy (non-hydrogen) atoms. The van der Waals surface area contributed by atoms with Crippen molar-refractivity contribution in [1.29, 1.82) is 0 Å². The Bertz CT molecular complexity index is 155.